The smallest absolute Gasteiger partial charge is 0.254 e. The van der Waals surface area contributed by atoms with Gasteiger partial charge < -0.3 is 14.5 Å². The number of pyridine rings is 1. The van der Waals surface area contributed by atoms with Gasteiger partial charge in [0.1, 0.15) is 18.2 Å². The quantitative estimate of drug-likeness (QED) is 0.633. The molecule has 0 spiro atoms. The zero-order valence-electron chi connectivity index (χ0n) is 16.0. The predicted molar refractivity (Wildman–Crippen MR) is 115 cm³/mol. The van der Waals surface area contributed by atoms with Crippen molar-refractivity contribution in [3.8, 4) is 5.75 Å². The molecular formula is C23H22ClN3O2. The number of hydrogen-bond acceptors (Lipinski definition) is 4. The van der Waals surface area contributed by atoms with Crippen LogP contribution in [0, 0.1) is 0 Å². The second kappa shape index (κ2) is 8.97. The second-order valence-electron chi connectivity index (χ2n) is 6.87. The average molecular weight is 408 g/mol. The van der Waals surface area contributed by atoms with Crippen molar-refractivity contribution < 1.29 is 9.53 Å². The highest BCUT2D eigenvalue weighted by Gasteiger charge is 2.24. The van der Waals surface area contributed by atoms with Crippen LogP contribution >= 0.6 is 11.6 Å². The molecule has 0 radical (unpaired) electrons. The van der Waals surface area contributed by atoms with Crippen molar-refractivity contribution in [2.24, 2.45) is 0 Å². The van der Waals surface area contributed by atoms with Gasteiger partial charge in [0.05, 0.1) is 5.02 Å². The van der Waals surface area contributed by atoms with Gasteiger partial charge in [-0.1, -0.05) is 48.0 Å². The SMILES string of the molecule is O=C(c1ccccc1COc1ccccc1)N1CCN(c2ccc(Cl)cn2)CC1. The van der Waals surface area contributed by atoms with E-state index in [4.69, 9.17) is 16.3 Å². The molecule has 3 aromatic rings. The van der Waals surface area contributed by atoms with Crippen molar-refractivity contribution in [3.05, 3.63) is 89.1 Å². The van der Waals surface area contributed by atoms with E-state index >= 15 is 0 Å². The molecule has 5 nitrogen and oxygen atoms in total. The number of nitrogens with zero attached hydrogens (tertiary/aromatic N) is 3. The second-order valence-corrected chi connectivity index (χ2v) is 7.31. The summed E-state index contributed by atoms with van der Waals surface area (Å²) in [5, 5.41) is 0.622. The minimum atomic E-state index is 0.0426. The first-order chi connectivity index (χ1) is 14.2. The molecule has 1 aliphatic heterocycles. The van der Waals surface area contributed by atoms with Gasteiger partial charge in [0, 0.05) is 43.5 Å². The Kier molecular flexibility index (Phi) is 5.96. The number of anilines is 1. The molecule has 0 saturated carbocycles. The van der Waals surface area contributed by atoms with Crippen molar-refractivity contribution >= 4 is 23.3 Å². The first-order valence-electron chi connectivity index (χ1n) is 9.62. The molecule has 0 bridgehead atoms. The molecule has 0 atom stereocenters. The highest BCUT2D eigenvalue weighted by Crippen LogP contribution is 2.19. The number of carbonyl (C=O) groups is 1. The van der Waals surface area contributed by atoms with E-state index in [9.17, 15) is 4.79 Å². The van der Waals surface area contributed by atoms with Crippen LogP contribution in [0.4, 0.5) is 5.82 Å². The maximum absolute atomic E-state index is 13.1. The molecular weight excluding hydrogens is 386 g/mol. The molecule has 1 aromatic heterocycles. The molecule has 29 heavy (non-hydrogen) atoms. The third-order valence-electron chi connectivity index (χ3n) is 4.99. The number of benzene rings is 2. The lowest BCUT2D eigenvalue weighted by Gasteiger charge is -2.35. The fourth-order valence-corrected chi connectivity index (χ4v) is 3.51. The lowest BCUT2D eigenvalue weighted by molar-refractivity contribution is 0.0743. The lowest BCUT2D eigenvalue weighted by Crippen LogP contribution is -2.49. The van der Waals surface area contributed by atoms with Gasteiger partial charge in [-0.25, -0.2) is 4.98 Å². The zero-order valence-corrected chi connectivity index (χ0v) is 16.8. The monoisotopic (exact) mass is 407 g/mol. The molecule has 0 N–H and O–H groups in total. The number of halogens is 1. The minimum Gasteiger partial charge on any atom is -0.489 e. The standard InChI is InChI=1S/C23H22ClN3O2/c24-19-10-11-22(25-16-19)26-12-14-27(15-13-26)23(28)21-9-5-4-6-18(21)17-29-20-7-2-1-3-8-20/h1-11,16H,12-15,17H2. The summed E-state index contributed by atoms with van der Waals surface area (Å²) in [6.45, 7) is 3.14. The third-order valence-corrected chi connectivity index (χ3v) is 5.21. The maximum Gasteiger partial charge on any atom is 0.254 e. The van der Waals surface area contributed by atoms with Crippen molar-refractivity contribution in [2.75, 3.05) is 31.1 Å². The Bertz CT molecular complexity index is 955. The fourth-order valence-electron chi connectivity index (χ4n) is 3.40. The van der Waals surface area contributed by atoms with E-state index in [1.807, 2.05) is 71.6 Å². The third kappa shape index (κ3) is 4.69. The van der Waals surface area contributed by atoms with Crippen LogP contribution in [0.25, 0.3) is 0 Å². The van der Waals surface area contributed by atoms with Crippen molar-refractivity contribution in [1.29, 1.82) is 0 Å². The Balaban J connectivity index is 1.40. The van der Waals surface area contributed by atoms with E-state index in [2.05, 4.69) is 9.88 Å². The first kappa shape index (κ1) is 19.3. The summed E-state index contributed by atoms with van der Waals surface area (Å²) in [6.07, 6.45) is 1.65. The number of piperazine rings is 1. The molecule has 0 unspecified atom stereocenters. The van der Waals surface area contributed by atoms with Gasteiger partial charge in [0.25, 0.3) is 5.91 Å². The number of carbonyl (C=O) groups excluding carboxylic acids is 1. The topological polar surface area (TPSA) is 45.7 Å². The number of aromatic nitrogens is 1. The first-order valence-corrected chi connectivity index (χ1v) is 10.00. The van der Waals surface area contributed by atoms with E-state index in [0.717, 1.165) is 30.2 Å². The van der Waals surface area contributed by atoms with E-state index < -0.39 is 0 Å². The van der Waals surface area contributed by atoms with Crippen LogP contribution in [0.15, 0.2) is 72.9 Å². The van der Waals surface area contributed by atoms with E-state index in [0.29, 0.717) is 30.3 Å². The van der Waals surface area contributed by atoms with Crippen LogP contribution < -0.4 is 9.64 Å². The molecule has 2 aromatic carbocycles. The Hall–Kier alpha value is -3.05. The molecule has 0 aliphatic carbocycles. The van der Waals surface area contributed by atoms with Crippen LogP contribution in [-0.2, 0) is 6.61 Å². The average Bonchev–Trinajstić information content (AvgIpc) is 2.79. The molecule has 148 valence electrons. The van der Waals surface area contributed by atoms with Gasteiger partial charge >= 0.3 is 0 Å². The minimum absolute atomic E-state index is 0.0426. The fraction of sp³-hybridized carbons (Fsp3) is 0.217. The Morgan fingerprint density at radius 3 is 2.38 bits per heavy atom. The number of hydrogen-bond donors (Lipinski definition) is 0. The van der Waals surface area contributed by atoms with Crippen molar-refractivity contribution in [3.63, 3.8) is 0 Å². The zero-order chi connectivity index (χ0) is 20.1. The highest BCUT2D eigenvalue weighted by molar-refractivity contribution is 6.30. The van der Waals surface area contributed by atoms with Crippen LogP contribution in [0.1, 0.15) is 15.9 Å². The Morgan fingerprint density at radius 1 is 0.931 bits per heavy atom. The molecule has 1 saturated heterocycles. The summed E-state index contributed by atoms with van der Waals surface area (Å²) < 4.78 is 5.86. The van der Waals surface area contributed by atoms with Crippen LogP contribution in [-0.4, -0.2) is 42.0 Å². The predicted octanol–water partition coefficient (Wildman–Crippen LogP) is 4.28. The number of para-hydroxylation sites is 1. The summed E-state index contributed by atoms with van der Waals surface area (Å²) in [4.78, 5) is 21.6. The summed E-state index contributed by atoms with van der Waals surface area (Å²) in [5.41, 5.74) is 1.59. The van der Waals surface area contributed by atoms with Crippen LogP contribution in [0.2, 0.25) is 5.02 Å². The Labute approximate surface area is 175 Å². The number of rotatable bonds is 5. The Morgan fingerprint density at radius 2 is 1.66 bits per heavy atom. The van der Waals surface area contributed by atoms with Crippen LogP contribution in [0.5, 0.6) is 5.75 Å². The molecule has 6 heteroatoms. The highest BCUT2D eigenvalue weighted by atomic mass is 35.5. The summed E-state index contributed by atoms with van der Waals surface area (Å²) in [7, 11) is 0. The molecule has 1 aliphatic rings. The number of amides is 1. The normalized spacial score (nSPS) is 14.0. The van der Waals surface area contributed by atoms with Gasteiger partial charge in [0.15, 0.2) is 0 Å². The van der Waals surface area contributed by atoms with Crippen molar-refractivity contribution in [2.45, 2.75) is 6.61 Å². The van der Waals surface area contributed by atoms with Gasteiger partial charge in [-0.3, -0.25) is 4.79 Å². The molecule has 2 heterocycles. The van der Waals surface area contributed by atoms with E-state index in [1.165, 1.54) is 0 Å². The van der Waals surface area contributed by atoms with E-state index in [1.54, 1.807) is 6.20 Å². The van der Waals surface area contributed by atoms with Gasteiger partial charge in [-0.2, -0.15) is 0 Å². The summed E-state index contributed by atoms with van der Waals surface area (Å²) in [5.74, 6) is 1.72. The van der Waals surface area contributed by atoms with E-state index in [-0.39, 0.29) is 5.91 Å². The molecule has 4 rings (SSSR count). The van der Waals surface area contributed by atoms with Gasteiger partial charge in [-0.15, -0.1) is 0 Å². The summed E-state index contributed by atoms with van der Waals surface area (Å²) in [6, 6.07) is 21.0. The lowest BCUT2D eigenvalue weighted by atomic mass is 10.1. The van der Waals surface area contributed by atoms with Gasteiger partial charge in [-0.05, 0) is 30.3 Å². The van der Waals surface area contributed by atoms with Crippen molar-refractivity contribution in [1.82, 2.24) is 9.88 Å². The summed E-state index contributed by atoms with van der Waals surface area (Å²) >= 11 is 5.92. The molecule has 1 amide bonds. The molecule has 1 fully saturated rings. The number of ether oxygens (including phenoxy) is 1. The largest absolute Gasteiger partial charge is 0.489 e. The van der Waals surface area contributed by atoms with Gasteiger partial charge in [0.2, 0.25) is 0 Å². The maximum atomic E-state index is 13.1. The van der Waals surface area contributed by atoms with Crippen LogP contribution in [0.3, 0.4) is 0 Å².